The zero-order chi connectivity index (χ0) is 12.8. The highest BCUT2D eigenvalue weighted by molar-refractivity contribution is 5.86. The molecule has 1 aromatic carbocycles. The average molecular weight is 235 g/mol. The Morgan fingerprint density at radius 3 is 2.59 bits per heavy atom. The van der Waals surface area contributed by atoms with Gasteiger partial charge in [0.2, 0.25) is 11.8 Å². The van der Waals surface area contributed by atoms with Gasteiger partial charge >= 0.3 is 0 Å². The summed E-state index contributed by atoms with van der Waals surface area (Å²) in [5.74, 6) is -0.950. The summed E-state index contributed by atoms with van der Waals surface area (Å²) in [6, 6.07) is 7.05. The number of hydrogen-bond acceptors (Lipinski definition) is 3. The molecular weight excluding hydrogens is 218 g/mol. The van der Waals surface area contributed by atoms with Gasteiger partial charge in [0, 0.05) is 0 Å². The summed E-state index contributed by atoms with van der Waals surface area (Å²) in [7, 11) is 0. The normalized spacial score (nSPS) is 11.9. The fraction of sp³-hybridized carbons (Fsp3) is 0.333. The van der Waals surface area contributed by atoms with E-state index in [-0.39, 0.29) is 12.5 Å². The lowest BCUT2D eigenvalue weighted by Crippen LogP contribution is -2.45. The van der Waals surface area contributed by atoms with E-state index in [1.54, 1.807) is 0 Å². The average Bonchev–Trinajstić information content (AvgIpc) is 2.28. The highest BCUT2D eigenvalue weighted by atomic mass is 16.2. The van der Waals surface area contributed by atoms with Gasteiger partial charge in [0.25, 0.3) is 0 Å². The van der Waals surface area contributed by atoms with Gasteiger partial charge in [-0.3, -0.25) is 9.59 Å². The molecule has 0 radical (unpaired) electrons. The number of amides is 2. The lowest BCUT2D eigenvalue weighted by Gasteiger charge is -2.12. The largest absolute Gasteiger partial charge is 0.368 e. The van der Waals surface area contributed by atoms with Crippen LogP contribution in [0.25, 0.3) is 0 Å². The minimum absolute atomic E-state index is 0.180. The van der Waals surface area contributed by atoms with Crippen LogP contribution in [0.2, 0.25) is 0 Å². The molecule has 1 atom stereocenters. The number of benzene rings is 1. The number of rotatable bonds is 5. The van der Waals surface area contributed by atoms with E-state index in [9.17, 15) is 9.59 Å². The topological polar surface area (TPSA) is 98.2 Å². The molecule has 5 nitrogen and oxygen atoms in total. The number of primary amides is 1. The van der Waals surface area contributed by atoms with Gasteiger partial charge in [-0.25, -0.2) is 0 Å². The second kappa shape index (κ2) is 6.00. The van der Waals surface area contributed by atoms with Crippen molar-refractivity contribution in [2.45, 2.75) is 19.4 Å². The molecule has 0 unspecified atom stereocenters. The van der Waals surface area contributed by atoms with Gasteiger partial charge in [-0.05, 0) is 24.5 Å². The molecule has 0 heterocycles. The van der Waals surface area contributed by atoms with Crippen LogP contribution in [0.3, 0.4) is 0 Å². The summed E-state index contributed by atoms with van der Waals surface area (Å²) < 4.78 is 0. The van der Waals surface area contributed by atoms with Crippen LogP contribution < -0.4 is 16.8 Å². The van der Waals surface area contributed by atoms with E-state index in [0.717, 1.165) is 11.1 Å². The molecule has 0 saturated carbocycles. The molecule has 17 heavy (non-hydrogen) atoms. The fourth-order valence-electron chi connectivity index (χ4n) is 1.47. The fourth-order valence-corrected chi connectivity index (χ4v) is 1.47. The molecule has 5 N–H and O–H groups in total. The Kier molecular flexibility index (Phi) is 4.66. The van der Waals surface area contributed by atoms with Crippen molar-refractivity contribution in [2.75, 3.05) is 6.54 Å². The summed E-state index contributed by atoms with van der Waals surface area (Å²) >= 11 is 0. The quantitative estimate of drug-likeness (QED) is 0.639. The number of carbonyl (C=O) groups excluding carboxylic acids is 2. The van der Waals surface area contributed by atoms with Crippen LogP contribution in [0.15, 0.2) is 24.3 Å². The molecule has 0 fully saturated rings. The second-order valence-electron chi connectivity index (χ2n) is 3.92. The molecule has 0 spiro atoms. The first kappa shape index (κ1) is 13.2. The van der Waals surface area contributed by atoms with Crippen LogP contribution in [0, 0.1) is 6.92 Å². The van der Waals surface area contributed by atoms with Crippen LogP contribution in [0.1, 0.15) is 11.1 Å². The first-order chi connectivity index (χ1) is 8.00. The molecule has 2 amide bonds. The standard InChI is InChI=1S/C12H17N3O2/c1-8-4-2-3-5-9(8)6-10(13)12(17)15-7-11(14)16/h2-5,10H,6-7,13H2,1H3,(H2,14,16)(H,15,17)/t10-/m0/s1. The van der Waals surface area contributed by atoms with Crippen LogP contribution in [0.5, 0.6) is 0 Å². The van der Waals surface area contributed by atoms with Crippen molar-refractivity contribution in [1.29, 1.82) is 0 Å². The van der Waals surface area contributed by atoms with E-state index in [1.807, 2.05) is 31.2 Å². The number of hydrogen-bond donors (Lipinski definition) is 3. The zero-order valence-corrected chi connectivity index (χ0v) is 9.77. The van der Waals surface area contributed by atoms with Gasteiger partial charge < -0.3 is 16.8 Å². The molecule has 1 aromatic rings. The molecular formula is C12H17N3O2. The minimum Gasteiger partial charge on any atom is -0.368 e. The summed E-state index contributed by atoms with van der Waals surface area (Å²) in [6.45, 7) is 1.78. The lowest BCUT2D eigenvalue weighted by atomic mass is 10.0. The lowest BCUT2D eigenvalue weighted by molar-refractivity contribution is -0.125. The van der Waals surface area contributed by atoms with Crippen molar-refractivity contribution in [3.63, 3.8) is 0 Å². The SMILES string of the molecule is Cc1ccccc1C[C@H](N)C(=O)NCC(N)=O. The van der Waals surface area contributed by atoms with Gasteiger partial charge in [0.15, 0.2) is 0 Å². The van der Waals surface area contributed by atoms with E-state index >= 15 is 0 Å². The number of nitrogens with one attached hydrogen (secondary N) is 1. The number of aryl methyl sites for hydroxylation is 1. The molecule has 0 bridgehead atoms. The third-order valence-corrected chi connectivity index (χ3v) is 2.47. The summed E-state index contributed by atoms with van der Waals surface area (Å²) in [5, 5.41) is 2.38. The first-order valence-corrected chi connectivity index (χ1v) is 5.37. The maximum atomic E-state index is 11.5. The van der Waals surface area contributed by atoms with Crippen molar-refractivity contribution >= 4 is 11.8 Å². The Bertz CT molecular complexity index is 418. The summed E-state index contributed by atoms with van der Waals surface area (Å²) in [6.07, 6.45) is 0.442. The molecule has 0 aromatic heterocycles. The Labute approximate surface area is 100 Å². The van der Waals surface area contributed by atoms with Crippen LogP contribution in [-0.4, -0.2) is 24.4 Å². The third-order valence-electron chi connectivity index (χ3n) is 2.47. The van der Waals surface area contributed by atoms with Crippen molar-refractivity contribution < 1.29 is 9.59 Å². The maximum absolute atomic E-state index is 11.5. The van der Waals surface area contributed by atoms with Gasteiger partial charge in [0.1, 0.15) is 0 Å². The van der Waals surface area contributed by atoms with E-state index in [4.69, 9.17) is 11.5 Å². The monoisotopic (exact) mass is 235 g/mol. The minimum atomic E-state index is -0.671. The Hall–Kier alpha value is -1.88. The van der Waals surface area contributed by atoms with E-state index in [2.05, 4.69) is 5.32 Å². The maximum Gasteiger partial charge on any atom is 0.237 e. The van der Waals surface area contributed by atoms with Crippen molar-refractivity contribution in [3.05, 3.63) is 35.4 Å². The van der Waals surface area contributed by atoms with E-state index in [0.29, 0.717) is 6.42 Å². The summed E-state index contributed by atoms with van der Waals surface area (Å²) in [4.78, 5) is 22.0. The summed E-state index contributed by atoms with van der Waals surface area (Å²) in [5.41, 5.74) is 12.8. The third kappa shape index (κ3) is 4.24. The Morgan fingerprint density at radius 1 is 1.35 bits per heavy atom. The van der Waals surface area contributed by atoms with Gasteiger partial charge in [-0.2, -0.15) is 0 Å². The molecule has 0 aliphatic rings. The Balaban J connectivity index is 2.54. The van der Waals surface area contributed by atoms with E-state index in [1.165, 1.54) is 0 Å². The molecule has 0 aliphatic carbocycles. The molecule has 1 rings (SSSR count). The van der Waals surface area contributed by atoms with Crippen molar-refractivity contribution in [2.24, 2.45) is 11.5 Å². The molecule has 0 aliphatic heterocycles. The van der Waals surface area contributed by atoms with Gasteiger partial charge in [-0.1, -0.05) is 24.3 Å². The predicted molar refractivity (Wildman–Crippen MR) is 65.1 cm³/mol. The number of carbonyl (C=O) groups is 2. The second-order valence-corrected chi connectivity index (χ2v) is 3.92. The van der Waals surface area contributed by atoms with Crippen LogP contribution in [0.4, 0.5) is 0 Å². The number of nitrogens with two attached hydrogens (primary N) is 2. The Morgan fingerprint density at radius 2 is 2.00 bits per heavy atom. The molecule has 5 heteroatoms. The highest BCUT2D eigenvalue weighted by Gasteiger charge is 2.14. The van der Waals surface area contributed by atoms with Crippen molar-refractivity contribution in [1.82, 2.24) is 5.32 Å². The predicted octanol–water partition coefficient (Wildman–Crippen LogP) is -0.534. The van der Waals surface area contributed by atoms with E-state index < -0.39 is 11.9 Å². The zero-order valence-electron chi connectivity index (χ0n) is 9.77. The molecule has 92 valence electrons. The van der Waals surface area contributed by atoms with Crippen molar-refractivity contribution in [3.8, 4) is 0 Å². The van der Waals surface area contributed by atoms with Gasteiger partial charge in [-0.15, -0.1) is 0 Å². The van der Waals surface area contributed by atoms with Crippen LogP contribution in [-0.2, 0) is 16.0 Å². The first-order valence-electron chi connectivity index (χ1n) is 5.37. The van der Waals surface area contributed by atoms with Gasteiger partial charge in [0.05, 0.1) is 12.6 Å². The van der Waals surface area contributed by atoms with Crippen LogP contribution >= 0.6 is 0 Å². The highest BCUT2D eigenvalue weighted by Crippen LogP contribution is 2.08. The molecule has 0 saturated heterocycles. The smallest absolute Gasteiger partial charge is 0.237 e.